The number of anilines is 1. The smallest absolute Gasteiger partial charge is 0.337 e. The topological polar surface area (TPSA) is 99.8 Å². The molecule has 1 aliphatic heterocycles. The van der Waals surface area contributed by atoms with Crippen molar-refractivity contribution in [1.82, 2.24) is 4.90 Å². The minimum atomic E-state index is -1.15. The summed E-state index contributed by atoms with van der Waals surface area (Å²) in [6.07, 6.45) is 1.35. The molecular weight excluding hydrogens is 467 g/mol. The molecule has 0 saturated carbocycles. The molecule has 170 valence electrons. The average Bonchev–Trinajstić information content (AvgIpc) is 3.25. The first-order valence-electron chi connectivity index (χ1n) is 10.3. The summed E-state index contributed by atoms with van der Waals surface area (Å²) in [6.45, 7) is 0.0929. The van der Waals surface area contributed by atoms with Crippen LogP contribution >= 0.6 is 23.2 Å². The zero-order valence-corrected chi connectivity index (χ0v) is 18.9. The van der Waals surface area contributed by atoms with Crippen LogP contribution in [-0.4, -0.2) is 33.8 Å². The molecule has 1 aromatic heterocycles. The quantitative estimate of drug-likeness (QED) is 0.480. The predicted molar refractivity (Wildman–Crippen MR) is 124 cm³/mol. The van der Waals surface area contributed by atoms with Crippen LogP contribution in [0.4, 0.5) is 5.69 Å². The number of amides is 2. The summed E-state index contributed by atoms with van der Waals surface area (Å²) in [5, 5.41) is 13.0. The molecule has 1 fully saturated rings. The number of carboxylic acid groups (broad SMARTS) is 1. The number of furan rings is 1. The number of nitrogens with zero attached hydrogens (tertiary/aromatic N) is 1. The first-order valence-corrected chi connectivity index (χ1v) is 11.1. The number of carboxylic acids is 1. The van der Waals surface area contributed by atoms with E-state index in [1.807, 2.05) is 0 Å². The minimum Gasteiger partial charge on any atom is -0.478 e. The van der Waals surface area contributed by atoms with E-state index in [0.29, 0.717) is 46.4 Å². The number of hydrogen-bond acceptors (Lipinski definition) is 4. The first kappa shape index (κ1) is 22.9. The van der Waals surface area contributed by atoms with Gasteiger partial charge in [-0.2, -0.15) is 0 Å². The molecule has 0 radical (unpaired) electrons. The van der Waals surface area contributed by atoms with E-state index >= 15 is 0 Å². The number of nitrogens with one attached hydrogen (secondary N) is 1. The Morgan fingerprint density at radius 3 is 2.70 bits per heavy atom. The Balaban J connectivity index is 1.54. The van der Waals surface area contributed by atoms with Gasteiger partial charge in [0.05, 0.1) is 22.8 Å². The molecule has 1 saturated heterocycles. The van der Waals surface area contributed by atoms with E-state index in [-0.39, 0.29) is 23.7 Å². The summed E-state index contributed by atoms with van der Waals surface area (Å²) < 4.78 is 5.91. The maximum absolute atomic E-state index is 13.0. The average molecular weight is 487 g/mol. The zero-order chi connectivity index (χ0) is 23.5. The van der Waals surface area contributed by atoms with E-state index in [4.69, 9.17) is 27.6 Å². The fourth-order valence-electron chi connectivity index (χ4n) is 3.85. The lowest BCUT2D eigenvalue weighted by Gasteiger charge is -2.34. The monoisotopic (exact) mass is 486 g/mol. The lowest BCUT2D eigenvalue weighted by Crippen LogP contribution is -2.49. The van der Waals surface area contributed by atoms with Crippen molar-refractivity contribution in [3.63, 3.8) is 0 Å². The molecule has 0 aliphatic carbocycles. The molecule has 2 heterocycles. The molecule has 1 aliphatic rings. The van der Waals surface area contributed by atoms with Crippen molar-refractivity contribution in [1.29, 1.82) is 0 Å². The number of para-hydroxylation sites is 1. The maximum atomic E-state index is 13.0. The van der Waals surface area contributed by atoms with Crippen LogP contribution < -0.4 is 5.32 Å². The maximum Gasteiger partial charge on any atom is 0.337 e. The van der Waals surface area contributed by atoms with Crippen molar-refractivity contribution in [2.45, 2.75) is 31.8 Å². The van der Waals surface area contributed by atoms with E-state index in [1.165, 1.54) is 17.0 Å². The van der Waals surface area contributed by atoms with Gasteiger partial charge in [0, 0.05) is 17.0 Å². The van der Waals surface area contributed by atoms with Gasteiger partial charge in [0.25, 0.3) is 0 Å². The molecule has 0 bridgehead atoms. The van der Waals surface area contributed by atoms with Gasteiger partial charge in [-0.3, -0.25) is 9.59 Å². The summed E-state index contributed by atoms with van der Waals surface area (Å²) in [7, 11) is 0. The van der Waals surface area contributed by atoms with Gasteiger partial charge in [-0.15, -0.1) is 0 Å². The third kappa shape index (κ3) is 5.05. The molecule has 4 rings (SSSR count). The normalized spacial score (nSPS) is 16.0. The summed E-state index contributed by atoms with van der Waals surface area (Å²) in [4.78, 5) is 38.6. The number of hydrogen-bond donors (Lipinski definition) is 2. The Bertz CT molecular complexity index is 1220. The van der Waals surface area contributed by atoms with E-state index in [9.17, 15) is 19.5 Å². The fourth-order valence-corrected chi connectivity index (χ4v) is 4.23. The van der Waals surface area contributed by atoms with Crippen molar-refractivity contribution in [3.05, 3.63) is 76.0 Å². The number of carbonyl (C=O) groups is 3. The van der Waals surface area contributed by atoms with Gasteiger partial charge in [-0.25, -0.2) is 4.79 Å². The molecule has 9 heteroatoms. The van der Waals surface area contributed by atoms with Crippen LogP contribution in [0.3, 0.4) is 0 Å². The van der Waals surface area contributed by atoms with Gasteiger partial charge in [0.1, 0.15) is 17.6 Å². The second-order valence-corrected chi connectivity index (χ2v) is 8.50. The summed E-state index contributed by atoms with van der Waals surface area (Å²) >= 11 is 12.3. The van der Waals surface area contributed by atoms with Crippen LogP contribution in [0.1, 0.15) is 35.4 Å². The van der Waals surface area contributed by atoms with E-state index in [2.05, 4.69) is 5.32 Å². The van der Waals surface area contributed by atoms with E-state index < -0.39 is 17.9 Å². The Morgan fingerprint density at radius 1 is 1.12 bits per heavy atom. The van der Waals surface area contributed by atoms with Crippen LogP contribution in [0.15, 0.2) is 59.0 Å². The number of piperidine rings is 1. The van der Waals surface area contributed by atoms with Crippen LogP contribution in [0.25, 0.3) is 11.3 Å². The largest absolute Gasteiger partial charge is 0.478 e. The number of rotatable bonds is 6. The SMILES string of the molecule is O=C(O)c1ccccc1NC(=O)[C@@H]1CCCC(=O)N1Cc1ccc(-c2cc(Cl)ccc2Cl)o1. The van der Waals surface area contributed by atoms with Gasteiger partial charge in [-0.05, 0) is 55.3 Å². The van der Waals surface area contributed by atoms with Crippen LogP contribution in [0.2, 0.25) is 10.0 Å². The molecule has 33 heavy (non-hydrogen) atoms. The lowest BCUT2D eigenvalue weighted by molar-refractivity contribution is -0.142. The Labute approximate surface area is 199 Å². The molecule has 0 spiro atoms. The highest BCUT2D eigenvalue weighted by atomic mass is 35.5. The summed E-state index contributed by atoms with van der Waals surface area (Å²) in [5.41, 5.74) is 0.789. The van der Waals surface area contributed by atoms with Crippen molar-refractivity contribution in [2.24, 2.45) is 0 Å². The number of halogens is 2. The molecule has 0 unspecified atom stereocenters. The number of aromatic carboxylic acids is 1. The standard InChI is InChI=1S/C24H20Cl2N2O5/c25-14-8-10-18(26)17(12-14)21-11-9-15(33-21)13-28-20(6-3-7-22(28)29)23(30)27-19-5-2-1-4-16(19)24(31)32/h1-2,4-5,8-12,20H,3,6-7,13H2,(H,27,30)(H,31,32)/t20-/m0/s1. The fraction of sp³-hybridized carbons (Fsp3) is 0.208. The number of benzene rings is 2. The summed E-state index contributed by atoms with van der Waals surface area (Å²) in [6, 6.07) is 13.9. The highest BCUT2D eigenvalue weighted by molar-refractivity contribution is 6.35. The third-order valence-corrected chi connectivity index (χ3v) is 6.03. The molecule has 2 N–H and O–H groups in total. The molecular formula is C24H20Cl2N2O5. The van der Waals surface area contributed by atoms with E-state index in [1.54, 1.807) is 42.5 Å². The molecule has 7 nitrogen and oxygen atoms in total. The number of likely N-dealkylation sites (tertiary alicyclic amines) is 1. The zero-order valence-electron chi connectivity index (χ0n) is 17.4. The predicted octanol–water partition coefficient (Wildman–Crippen LogP) is 5.47. The highest BCUT2D eigenvalue weighted by Gasteiger charge is 2.34. The van der Waals surface area contributed by atoms with Crippen LogP contribution in [-0.2, 0) is 16.1 Å². The van der Waals surface area contributed by atoms with Crippen LogP contribution in [0, 0.1) is 0 Å². The lowest BCUT2D eigenvalue weighted by atomic mass is 10.00. The van der Waals surface area contributed by atoms with Gasteiger partial charge in [0.2, 0.25) is 11.8 Å². The molecule has 3 aromatic rings. The molecule has 2 amide bonds. The van der Waals surface area contributed by atoms with E-state index in [0.717, 1.165) is 0 Å². The molecule has 2 aromatic carbocycles. The second-order valence-electron chi connectivity index (χ2n) is 7.66. The van der Waals surface area contributed by atoms with Crippen molar-refractivity contribution < 1.29 is 23.9 Å². The first-order chi connectivity index (χ1) is 15.8. The summed E-state index contributed by atoms with van der Waals surface area (Å²) in [5.74, 6) is -0.781. The third-order valence-electron chi connectivity index (χ3n) is 5.46. The van der Waals surface area contributed by atoms with Gasteiger partial charge in [0.15, 0.2) is 0 Å². The van der Waals surface area contributed by atoms with Crippen molar-refractivity contribution in [3.8, 4) is 11.3 Å². The van der Waals surface area contributed by atoms with Crippen LogP contribution in [0.5, 0.6) is 0 Å². The van der Waals surface area contributed by atoms with Gasteiger partial charge < -0.3 is 19.7 Å². The molecule has 1 atom stereocenters. The Hall–Kier alpha value is -3.29. The van der Waals surface area contributed by atoms with Gasteiger partial charge in [-0.1, -0.05) is 35.3 Å². The Morgan fingerprint density at radius 2 is 1.91 bits per heavy atom. The van der Waals surface area contributed by atoms with Gasteiger partial charge >= 0.3 is 5.97 Å². The Kier molecular flexibility index (Phi) is 6.72. The van der Waals surface area contributed by atoms with Crippen molar-refractivity contribution in [2.75, 3.05) is 5.32 Å². The minimum absolute atomic E-state index is 0.0198. The number of carbonyl (C=O) groups excluding carboxylic acids is 2. The van der Waals surface area contributed by atoms with Crippen molar-refractivity contribution >= 4 is 46.7 Å². The second kappa shape index (κ2) is 9.68. The highest BCUT2D eigenvalue weighted by Crippen LogP contribution is 2.33.